The van der Waals surface area contributed by atoms with Crippen molar-refractivity contribution in [3.8, 4) is 28.3 Å². The molecule has 4 aromatic rings. The number of nitrogen functional groups attached to an aromatic ring is 1. The third-order valence-electron chi connectivity index (χ3n) is 5.25. The molecule has 0 aliphatic carbocycles. The van der Waals surface area contributed by atoms with Crippen LogP contribution in [0.2, 0.25) is 0 Å². The van der Waals surface area contributed by atoms with Gasteiger partial charge >= 0.3 is 5.97 Å². The van der Waals surface area contributed by atoms with Crippen LogP contribution in [0.3, 0.4) is 0 Å². The highest BCUT2D eigenvalue weighted by Crippen LogP contribution is 2.36. The molecule has 0 bridgehead atoms. The van der Waals surface area contributed by atoms with Gasteiger partial charge in [-0.1, -0.05) is 18.2 Å². The Balaban J connectivity index is 0.00000324. The molecule has 0 amide bonds. The number of carboxylic acid groups (broad SMARTS) is 1. The van der Waals surface area contributed by atoms with E-state index < -0.39 is 5.97 Å². The number of aromatic carboxylic acids is 1. The molecule has 0 aliphatic rings. The quantitative estimate of drug-likeness (QED) is 0.292. The summed E-state index contributed by atoms with van der Waals surface area (Å²) in [5.41, 5.74) is 10.5. The zero-order valence-corrected chi connectivity index (χ0v) is 20.4. The number of fused-ring (bicyclic) bond motifs is 1. The number of anilines is 1. The van der Waals surface area contributed by atoms with Gasteiger partial charge in [-0.25, -0.2) is 4.79 Å². The first-order valence-electron chi connectivity index (χ1n) is 11.0. The van der Waals surface area contributed by atoms with Crippen LogP contribution < -0.4 is 15.2 Å². The Labute approximate surface area is 205 Å². The van der Waals surface area contributed by atoms with E-state index in [0.29, 0.717) is 11.1 Å². The molecule has 6 nitrogen and oxygen atoms in total. The fourth-order valence-electron chi connectivity index (χ4n) is 3.92. The Morgan fingerprint density at radius 2 is 1.38 bits per heavy atom. The number of aromatic nitrogens is 1. The van der Waals surface area contributed by atoms with Gasteiger partial charge in [0.1, 0.15) is 17.2 Å². The summed E-state index contributed by atoms with van der Waals surface area (Å²) in [4.78, 5) is 12.1. The molecule has 0 radical (unpaired) electrons. The van der Waals surface area contributed by atoms with E-state index in [9.17, 15) is 9.90 Å². The van der Waals surface area contributed by atoms with Crippen LogP contribution in [0.5, 0.6) is 11.5 Å². The molecule has 4 rings (SSSR count). The first-order valence-corrected chi connectivity index (χ1v) is 11.0. The van der Waals surface area contributed by atoms with E-state index in [0.717, 1.165) is 33.8 Å². The Morgan fingerprint density at radius 1 is 0.853 bits per heavy atom. The molecule has 34 heavy (non-hydrogen) atoms. The Bertz CT molecular complexity index is 1290. The van der Waals surface area contributed by atoms with Gasteiger partial charge in [0.15, 0.2) is 0 Å². The van der Waals surface area contributed by atoms with E-state index in [-0.39, 0.29) is 30.3 Å². The van der Waals surface area contributed by atoms with Crippen molar-refractivity contribution >= 4 is 35.0 Å². The molecular formula is C27H29ClN2O4. The number of hydrogen-bond acceptors (Lipinski definition) is 4. The summed E-state index contributed by atoms with van der Waals surface area (Å²) in [6, 6.07) is 20.6. The van der Waals surface area contributed by atoms with Crippen molar-refractivity contribution in [3.05, 3.63) is 72.4 Å². The molecule has 1 aromatic heterocycles. The van der Waals surface area contributed by atoms with Gasteiger partial charge in [-0.3, -0.25) is 0 Å². The van der Waals surface area contributed by atoms with Gasteiger partial charge in [-0.15, -0.1) is 12.4 Å². The predicted molar refractivity (Wildman–Crippen MR) is 139 cm³/mol. The average Bonchev–Trinajstić information content (AvgIpc) is 3.15. The fourth-order valence-corrected chi connectivity index (χ4v) is 3.92. The number of hydrogen-bond donors (Lipinski definition) is 2. The van der Waals surface area contributed by atoms with E-state index >= 15 is 0 Å². The topological polar surface area (TPSA) is 86.7 Å². The van der Waals surface area contributed by atoms with Crippen molar-refractivity contribution in [3.63, 3.8) is 0 Å². The normalized spacial score (nSPS) is 11.0. The zero-order valence-electron chi connectivity index (χ0n) is 19.6. The summed E-state index contributed by atoms with van der Waals surface area (Å²) in [6.45, 7) is 7.88. The molecule has 0 fully saturated rings. The second-order valence-electron chi connectivity index (χ2n) is 8.48. The number of ether oxygens (including phenoxy) is 2. The maximum atomic E-state index is 12.1. The lowest BCUT2D eigenvalue weighted by molar-refractivity contribution is 0.0688. The van der Waals surface area contributed by atoms with Crippen LogP contribution in [0.15, 0.2) is 66.7 Å². The second kappa shape index (κ2) is 10.1. The number of benzene rings is 3. The molecule has 0 unspecified atom stereocenters. The molecule has 7 heteroatoms. The number of halogens is 1. The molecule has 1 heterocycles. The summed E-state index contributed by atoms with van der Waals surface area (Å²) >= 11 is 0. The third-order valence-corrected chi connectivity index (χ3v) is 5.25. The monoisotopic (exact) mass is 480 g/mol. The highest BCUT2D eigenvalue weighted by Gasteiger charge is 2.19. The minimum Gasteiger partial charge on any atom is -0.491 e. The number of carbonyl (C=O) groups is 1. The number of rotatable bonds is 7. The van der Waals surface area contributed by atoms with Gasteiger partial charge in [0.25, 0.3) is 0 Å². The Morgan fingerprint density at radius 3 is 1.88 bits per heavy atom. The van der Waals surface area contributed by atoms with Crippen molar-refractivity contribution in [2.75, 3.05) is 5.73 Å². The first kappa shape index (κ1) is 25.0. The molecule has 3 aromatic carbocycles. The summed E-state index contributed by atoms with van der Waals surface area (Å²) in [7, 11) is 0. The van der Waals surface area contributed by atoms with E-state index in [4.69, 9.17) is 15.2 Å². The molecule has 0 atom stereocenters. The van der Waals surface area contributed by atoms with Crippen LogP contribution in [0, 0.1) is 0 Å². The molecular weight excluding hydrogens is 452 g/mol. The van der Waals surface area contributed by atoms with Crippen molar-refractivity contribution in [1.29, 1.82) is 0 Å². The second-order valence-corrected chi connectivity index (χ2v) is 8.48. The molecule has 0 aliphatic heterocycles. The maximum absolute atomic E-state index is 12.1. The van der Waals surface area contributed by atoms with Crippen LogP contribution >= 0.6 is 12.4 Å². The third kappa shape index (κ3) is 4.97. The minimum absolute atomic E-state index is 0. The number of nitrogens with two attached hydrogens (primary N) is 1. The standard InChI is InChI=1S/C27H28N2O4.ClH/c1-16(2)32-20-9-5-18(6-10-20)22-13-14-24-23(26(22)28)15-25(27(30)31)29(24)19-7-11-21(12-8-19)33-17(3)4;/h5-17H,28H2,1-4H3,(H,30,31);1H. The molecule has 0 saturated carbocycles. The van der Waals surface area contributed by atoms with E-state index in [1.807, 2.05) is 88.4 Å². The number of carboxylic acids is 1. The van der Waals surface area contributed by atoms with Crippen LogP contribution in [-0.4, -0.2) is 27.9 Å². The molecule has 0 spiro atoms. The minimum atomic E-state index is -1.02. The summed E-state index contributed by atoms with van der Waals surface area (Å²) in [5.74, 6) is 0.497. The van der Waals surface area contributed by atoms with Crippen LogP contribution in [-0.2, 0) is 0 Å². The van der Waals surface area contributed by atoms with Gasteiger partial charge in [0, 0.05) is 22.3 Å². The lowest BCUT2D eigenvalue weighted by Crippen LogP contribution is -2.07. The van der Waals surface area contributed by atoms with Crippen LogP contribution in [0.4, 0.5) is 5.69 Å². The largest absolute Gasteiger partial charge is 0.491 e. The van der Waals surface area contributed by atoms with Crippen LogP contribution in [0.1, 0.15) is 38.2 Å². The smallest absolute Gasteiger partial charge is 0.352 e. The van der Waals surface area contributed by atoms with Gasteiger partial charge in [0.05, 0.1) is 17.7 Å². The van der Waals surface area contributed by atoms with Crippen molar-refractivity contribution in [2.45, 2.75) is 39.9 Å². The van der Waals surface area contributed by atoms with Crippen molar-refractivity contribution < 1.29 is 19.4 Å². The van der Waals surface area contributed by atoms with Gasteiger partial charge in [0.2, 0.25) is 0 Å². The van der Waals surface area contributed by atoms with E-state index in [1.165, 1.54) is 0 Å². The molecule has 0 saturated heterocycles. The summed E-state index contributed by atoms with van der Waals surface area (Å²) in [5, 5.41) is 10.6. The Hall–Kier alpha value is -3.64. The first-order chi connectivity index (χ1) is 15.7. The molecule has 3 N–H and O–H groups in total. The van der Waals surface area contributed by atoms with E-state index in [2.05, 4.69) is 0 Å². The Kier molecular flexibility index (Phi) is 7.42. The lowest BCUT2D eigenvalue weighted by atomic mass is 10.0. The highest BCUT2D eigenvalue weighted by atomic mass is 35.5. The maximum Gasteiger partial charge on any atom is 0.352 e. The fraction of sp³-hybridized carbons (Fsp3) is 0.222. The summed E-state index contributed by atoms with van der Waals surface area (Å²) in [6.07, 6.45) is 0.152. The molecule has 178 valence electrons. The van der Waals surface area contributed by atoms with E-state index in [1.54, 1.807) is 10.6 Å². The number of nitrogens with zero attached hydrogens (tertiary/aromatic N) is 1. The van der Waals surface area contributed by atoms with Crippen LogP contribution in [0.25, 0.3) is 27.7 Å². The SMILES string of the molecule is CC(C)Oc1ccc(-c2ccc3c(cc(C(=O)O)n3-c3ccc(OC(C)C)cc3)c2N)cc1.Cl. The average molecular weight is 481 g/mol. The van der Waals surface area contributed by atoms with Gasteiger partial charge in [-0.2, -0.15) is 0 Å². The lowest BCUT2D eigenvalue weighted by Gasteiger charge is -2.13. The van der Waals surface area contributed by atoms with Crippen molar-refractivity contribution in [1.82, 2.24) is 4.57 Å². The predicted octanol–water partition coefficient (Wildman–Crippen LogP) is 6.57. The highest BCUT2D eigenvalue weighted by molar-refractivity contribution is 6.05. The zero-order chi connectivity index (χ0) is 23.7. The van der Waals surface area contributed by atoms with Gasteiger partial charge in [-0.05, 0) is 81.8 Å². The summed E-state index contributed by atoms with van der Waals surface area (Å²) < 4.78 is 13.1. The van der Waals surface area contributed by atoms with Gasteiger partial charge < -0.3 is 24.9 Å². The van der Waals surface area contributed by atoms with Crippen molar-refractivity contribution in [2.24, 2.45) is 0 Å².